The molecule has 3 saturated heterocycles. The number of morpholine rings is 1. The number of carbonyl (C=O) groups is 3. The summed E-state index contributed by atoms with van der Waals surface area (Å²) in [4.78, 5) is 41.4. The van der Waals surface area contributed by atoms with Gasteiger partial charge >= 0.3 is 5.97 Å². The molecule has 5 rings (SSSR count). The Kier molecular flexibility index (Phi) is 10.6. The molecule has 2 amide bonds. The second-order valence-electron chi connectivity index (χ2n) is 10.5. The molecule has 14 heteroatoms. The zero-order chi connectivity index (χ0) is 31.2. The highest BCUT2D eigenvalue weighted by Crippen LogP contribution is 2.35. The summed E-state index contributed by atoms with van der Waals surface area (Å²) in [5.41, 5.74) is 4.42. The summed E-state index contributed by atoms with van der Waals surface area (Å²) in [6.45, 7) is 4.50. The average molecular weight is 647 g/mol. The number of halogens is 2. The van der Waals surface area contributed by atoms with E-state index in [9.17, 15) is 28.3 Å². The molecule has 10 nitrogen and oxygen atoms in total. The van der Waals surface area contributed by atoms with Crippen molar-refractivity contribution in [3.05, 3.63) is 58.5 Å². The highest BCUT2D eigenvalue weighted by molar-refractivity contribution is 8.26. The van der Waals surface area contributed by atoms with Gasteiger partial charge in [0, 0.05) is 38.3 Å². The molecule has 3 aliphatic heterocycles. The number of thioether (sulfide) groups is 1. The number of rotatable bonds is 10. The van der Waals surface area contributed by atoms with Crippen molar-refractivity contribution in [3.63, 3.8) is 0 Å². The van der Waals surface area contributed by atoms with Crippen molar-refractivity contribution in [1.29, 1.82) is 0 Å². The van der Waals surface area contributed by atoms with Crippen molar-refractivity contribution in [1.82, 2.24) is 20.2 Å². The maximum absolute atomic E-state index is 14.0. The largest absolute Gasteiger partial charge is 0.492 e. The number of hydrogen-bond donors (Lipinski definition) is 2. The molecule has 0 aliphatic carbocycles. The Hall–Kier alpha value is -3.43. The van der Waals surface area contributed by atoms with Gasteiger partial charge in [-0.2, -0.15) is 0 Å². The van der Waals surface area contributed by atoms with Gasteiger partial charge in [0.15, 0.2) is 16.0 Å². The first-order valence-corrected chi connectivity index (χ1v) is 15.5. The van der Waals surface area contributed by atoms with Crippen molar-refractivity contribution < 1.29 is 37.7 Å². The Morgan fingerprint density at radius 3 is 2.48 bits per heavy atom. The third-order valence-electron chi connectivity index (χ3n) is 7.70. The van der Waals surface area contributed by atoms with Gasteiger partial charge in [-0.1, -0.05) is 36.1 Å². The van der Waals surface area contributed by atoms with E-state index in [1.165, 1.54) is 6.07 Å². The van der Waals surface area contributed by atoms with E-state index in [0.717, 1.165) is 42.0 Å². The van der Waals surface area contributed by atoms with Crippen LogP contribution in [0.3, 0.4) is 0 Å². The van der Waals surface area contributed by atoms with E-state index < -0.39 is 29.4 Å². The van der Waals surface area contributed by atoms with Gasteiger partial charge < -0.3 is 19.5 Å². The van der Waals surface area contributed by atoms with Crippen LogP contribution in [0.25, 0.3) is 17.2 Å². The fraction of sp³-hybridized carbons (Fsp3) is 0.400. The van der Waals surface area contributed by atoms with Gasteiger partial charge in [-0.05, 0) is 54.3 Å². The van der Waals surface area contributed by atoms with Crippen LogP contribution in [0.15, 0.2) is 41.3 Å². The molecule has 3 fully saturated rings. The molecule has 2 aromatic carbocycles. The summed E-state index contributed by atoms with van der Waals surface area (Å²) in [5, 5.41) is 10.3. The van der Waals surface area contributed by atoms with Gasteiger partial charge in [-0.15, -0.1) is 0 Å². The van der Waals surface area contributed by atoms with Gasteiger partial charge in [0.05, 0.1) is 30.6 Å². The van der Waals surface area contributed by atoms with Crippen LogP contribution in [0, 0.1) is 17.6 Å². The number of carbonyl (C=O) groups excluding carboxylic acids is 2. The standard InChI is InChI=1S/C30H32F2N4O6S2/c31-23-3-1-21(16-24(23)32)20-2-4-25(42-14-11-34-9-12-41-13-10-34)22(15-20)17-26-28(38)36(30(43)44-26)33-18-27(37)35-7-5-19(6-8-35)29(39)40/h1-4,15-17,19,33H,5-14,18H2,(H,39,40)/b26-17-. The van der Waals surface area contributed by atoms with E-state index in [1.54, 1.807) is 29.2 Å². The second kappa shape index (κ2) is 14.6. The molecule has 0 radical (unpaired) electrons. The molecule has 0 bridgehead atoms. The summed E-state index contributed by atoms with van der Waals surface area (Å²) >= 11 is 6.48. The van der Waals surface area contributed by atoms with Crippen LogP contribution in [-0.2, 0) is 19.1 Å². The topological polar surface area (TPSA) is 112 Å². The van der Waals surface area contributed by atoms with E-state index in [2.05, 4.69) is 10.3 Å². The number of ether oxygens (including phenoxy) is 2. The lowest BCUT2D eigenvalue weighted by molar-refractivity contribution is -0.145. The van der Waals surface area contributed by atoms with E-state index in [0.29, 0.717) is 74.7 Å². The lowest BCUT2D eigenvalue weighted by atomic mass is 9.97. The van der Waals surface area contributed by atoms with E-state index >= 15 is 0 Å². The van der Waals surface area contributed by atoms with Crippen LogP contribution in [0.2, 0.25) is 0 Å². The van der Waals surface area contributed by atoms with Crippen LogP contribution in [-0.4, -0.2) is 101 Å². The number of aliphatic carboxylic acids is 1. The Morgan fingerprint density at radius 2 is 1.77 bits per heavy atom. The zero-order valence-corrected chi connectivity index (χ0v) is 25.4. The molecule has 0 unspecified atom stereocenters. The summed E-state index contributed by atoms with van der Waals surface area (Å²) in [6, 6.07) is 8.85. The number of carboxylic acid groups (broad SMARTS) is 1. The average Bonchev–Trinajstić information content (AvgIpc) is 3.29. The van der Waals surface area contributed by atoms with E-state index in [-0.39, 0.29) is 21.7 Å². The molecule has 234 valence electrons. The summed E-state index contributed by atoms with van der Waals surface area (Å²) < 4.78 is 39.3. The number of carboxylic acids is 1. The number of nitrogens with zero attached hydrogens (tertiary/aromatic N) is 3. The van der Waals surface area contributed by atoms with E-state index in [1.807, 2.05) is 0 Å². The van der Waals surface area contributed by atoms with Crippen molar-refractivity contribution in [2.45, 2.75) is 12.8 Å². The molecule has 2 aromatic rings. The predicted molar refractivity (Wildman–Crippen MR) is 165 cm³/mol. The molecule has 3 heterocycles. The number of benzene rings is 2. The third kappa shape index (κ3) is 7.80. The smallest absolute Gasteiger partial charge is 0.306 e. The lowest BCUT2D eigenvalue weighted by Crippen LogP contribution is -2.49. The van der Waals surface area contributed by atoms with Crippen LogP contribution in [0.4, 0.5) is 8.78 Å². The first-order chi connectivity index (χ1) is 21.2. The fourth-order valence-electron chi connectivity index (χ4n) is 5.14. The lowest BCUT2D eigenvalue weighted by Gasteiger charge is -2.30. The molecular formula is C30H32F2N4O6S2. The molecule has 0 spiro atoms. The minimum Gasteiger partial charge on any atom is -0.492 e. The number of hydrazine groups is 1. The van der Waals surface area contributed by atoms with Gasteiger partial charge in [0.25, 0.3) is 5.91 Å². The number of amides is 2. The minimum absolute atomic E-state index is 0.182. The van der Waals surface area contributed by atoms with Crippen molar-refractivity contribution in [2.75, 3.05) is 59.1 Å². The number of hydrogen-bond acceptors (Lipinski definition) is 9. The Bertz CT molecular complexity index is 1460. The number of likely N-dealkylation sites (tertiary alicyclic amines) is 1. The van der Waals surface area contributed by atoms with E-state index in [4.69, 9.17) is 21.7 Å². The SMILES string of the molecule is O=C(O)C1CCN(C(=O)CNN2C(=O)/C(=C/c3cc(-c4ccc(F)c(F)c4)ccc3OCCN3CCOCC3)SC2=S)CC1. The fourth-order valence-corrected chi connectivity index (χ4v) is 6.35. The maximum atomic E-state index is 14.0. The summed E-state index contributed by atoms with van der Waals surface area (Å²) in [5.74, 6) is -3.45. The zero-order valence-electron chi connectivity index (χ0n) is 23.8. The second-order valence-corrected chi connectivity index (χ2v) is 12.2. The highest BCUT2D eigenvalue weighted by atomic mass is 32.2. The van der Waals surface area contributed by atoms with Gasteiger partial charge in [0.1, 0.15) is 12.4 Å². The number of thiocarbonyl (C=S) groups is 1. The third-order valence-corrected chi connectivity index (χ3v) is 9.00. The molecule has 3 aliphatic rings. The van der Waals surface area contributed by atoms with Gasteiger partial charge in [0.2, 0.25) is 5.91 Å². The molecule has 2 N–H and O–H groups in total. The van der Waals surface area contributed by atoms with Crippen molar-refractivity contribution >= 4 is 52.2 Å². The minimum atomic E-state index is -0.970. The molecule has 0 atom stereocenters. The Morgan fingerprint density at radius 1 is 1.07 bits per heavy atom. The molecule has 0 saturated carbocycles. The van der Waals surface area contributed by atoms with Crippen molar-refractivity contribution in [3.8, 4) is 16.9 Å². The Labute approximate surface area is 262 Å². The van der Waals surface area contributed by atoms with Crippen LogP contribution < -0.4 is 10.2 Å². The summed E-state index contributed by atoms with van der Waals surface area (Å²) in [7, 11) is 0. The molecule has 44 heavy (non-hydrogen) atoms. The maximum Gasteiger partial charge on any atom is 0.306 e. The van der Waals surface area contributed by atoms with Crippen LogP contribution in [0.5, 0.6) is 5.75 Å². The van der Waals surface area contributed by atoms with Crippen LogP contribution in [0.1, 0.15) is 18.4 Å². The first kappa shape index (κ1) is 32.0. The van der Waals surface area contributed by atoms with Gasteiger partial charge in [-0.3, -0.25) is 19.3 Å². The summed E-state index contributed by atoms with van der Waals surface area (Å²) in [6.07, 6.45) is 2.39. The molecule has 0 aromatic heterocycles. The van der Waals surface area contributed by atoms with Gasteiger partial charge in [-0.25, -0.2) is 19.2 Å². The highest BCUT2D eigenvalue weighted by Gasteiger charge is 2.34. The predicted octanol–water partition coefficient (Wildman–Crippen LogP) is 3.37. The van der Waals surface area contributed by atoms with Crippen LogP contribution >= 0.6 is 24.0 Å². The quantitative estimate of drug-likeness (QED) is 0.295. The number of nitrogens with one attached hydrogen (secondary N) is 1. The molecular weight excluding hydrogens is 614 g/mol. The monoisotopic (exact) mass is 646 g/mol. The van der Waals surface area contributed by atoms with Crippen molar-refractivity contribution in [2.24, 2.45) is 5.92 Å². The first-order valence-electron chi connectivity index (χ1n) is 14.2. The number of piperidine rings is 1. The Balaban J connectivity index is 1.30. The normalized spacial score (nSPS) is 19.2.